The van der Waals surface area contributed by atoms with E-state index in [4.69, 9.17) is 10.6 Å². The van der Waals surface area contributed by atoms with E-state index < -0.39 is 0 Å². The zero-order valence-electron chi connectivity index (χ0n) is 10.5. The van der Waals surface area contributed by atoms with Crippen molar-refractivity contribution in [2.45, 2.75) is 35.4 Å². The van der Waals surface area contributed by atoms with Crippen LogP contribution < -0.4 is 11.3 Å². The van der Waals surface area contributed by atoms with Crippen LogP contribution in [0, 0.1) is 5.92 Å². The van der Waals surface area contributed by atoms with E-state index in [0.717, 1.165) is 32.5 Å². The highest BCUT2D eigenvalue weighted by molar-refractivity contribution is 8.00. The molecule has 0 spiro atoms. The molecule has 0 aliphatic carbocycles. The number of hydrogen-bond donors (Lipinski definition) is 2. The van der Waals surface area contributed by atoms with Crippen molar-refractivity contribution < 1.29 is 4.74 Å². The van der Waals surface area contributed by atoms with E-state index in [2.05, 4.69) is 29.7 Å². The van der Waals surface area contributed by atoms with Crippen LogP contribution in [0.4, 0.5) is 0 Å². The fraction of sp³-hybridized carbons (Fsp3) is 0.571. The third-order valence-electron chi connectivity index (χ3n) is 4.04. The number of hydrazine groups is 1. The van der Waals surface area contributed by atoms with Gasteiger partial charge in [0.25, 0.3) is 0 Å². The van der Waals surface area contributed by atoms with E-state index in [9.17, 15) is 0 Å². The Labute approximate surface area is 112 Å². The Morgan fingerprint density at radius 2 is 2.06 bits per heavy atom. The van der Waals surface area contributed by atoms with Crippen molar-refractivity contribution in [1.82, 2.24) is 5.43 Å². The predicted octanol–water partition coefficient (Wildman–Crippen LogP) is 1.96. The molecule has 1 aromatic carbocycles. The quantitative estimate of drug-likeness (QED) is 0.647. The van der Waals surface area contributed by atoms with Crippen LogP contribution in [-0.4, -0.2) is 24.5 Å². The maximum absolute atomic E-state index is 5.81. The van der Waals surface area contributed by atoms with Gasteiger partial charge in [0.15, 0.2) is 0 Å². The third kappa shape index (κ3) is 2.43. The molecule has 2 heterocycles. The van der Waals surface area contributed by atoms with Crippen molar-refractivity contribution in [2.75, 3.05) is 13.2 Å². The van der Waals surface area contributed by atoms with Crippen molar-refractivity contribution >= 4 is 11.8 Å². The lowest BCUT2D eigenvalue weighted by atomic mass is 9.88. The first kappa shape index (κ1) is 12.5. The molecule has 1 aromatic rings. The van der Waals surface area contributed by atoms with Gasteiger partial charge in [-0.1, -0.05) is 18.2 Å². The minimum Gasteiger partial charge on any atom is -0.381 e. The number of benzene rings is 1. The van der Waals surface area contributed by atoms with Crippen molar-refractivity contribution in [3.63, 3.8) is 0 Å². The summed E-state index contributed by atoms with van der Waals surface area (Å²) in [5.41, 5.74) is 4.54. The molecule has 3 N–H and O–H groups in total. The fourth-order valence-electron chi connectivity index (χ4n) is 3.03. The first-order chi connectivity index (χ1) is 8.88. The largest absolute Gasteiger partial charge is 0.381 e. The van der Waals surface area contributed by atoms with Gasteiger partial charge < -0.3 is 4.74 Å². The summed E-state index contributed by atoms with van der Waals surface area (Å²) in [5, 5.41) is 0.565. The molecule has 2 aliphatic rings. The molecule has 3 rings (SSSR count). The first-order valence-corrected chi connectivity index (χ1v) is 7.55. The molecule has 0 saturated carbocycles. The molecular formula is C14H20N2OS. The highest BCUT2D eigenvalue weighted by Gasteiger charge is 2.34. The highest BCUT2D eigenvalue weighted by Crippen LogP contribution is 2.40. The van der Waals surface area contributed by atoms with E-state index in [0.29, 0.717) is 17.2 Å². The summed E-state index contributed by atoms with van der Waals surface area (Å²) in [5.74, 6) is 6.46. The van der Waals surface area contributed by atoms with Gasteiger partial charge in [-0.2, -0.15) is 0 Å². The zero-order chi connectivity index (χ0) is 12.4. The van der Waals surface area contributed by atoms with Crippen LogP contribution in [0.2, 0.25) is 0 Å². The molecule has 1 saturated heterocycles. The van der Waals surface area contributed by atoms with Crippen LogP contribution >= 0.6 is 11.8 Å². The minimum absolute atomic E-state index is 0.395. The summed E-state index contributed by atoms with van der Waals surface area (Å²) >= 11 is 1.98. The zero-order valence-corrected chi connectivity index (χ0v) is 11.3. The smallest absolute Gasteiger partial charge is 0.0469 e. The lowest BCUT2D eigenvalue weighted by molar-refractivity contribution is 0.0535. The number of rotatable bonds is 3. The number of nitrogens with one attached hydrogen (secondary N) is 1. The fourth-order valence-corrected chi connectivity index (χ4v) is 4.53. The van der Waals surface area contributed by atoms with Gasteiger partial charge in [0.1, 0.15) is 0 Å². The number of thioether (sulfide) groups is 1. The number of ether oxygens (including phenoxy) is 1. The standard InChI is InChI=1S/C14H20N2OS/c15-16-14(10-5-7-17-8-6-10)13-9-11-3-1-2-4-12(11)18-13/h1-4,10,13-14,16H,5-9,15H2. The lowest BCUT2D eigenvalue weighted by Crippen LogP contribution is -2.49. The Bertz CT molecular complexity index is 382. The molecular weight excluding hydrogens is 244 g/mol. The normalized spacial score (nSPS) is 25.9. The highest BCUT2D eigenvalue weighted by atomic mass is 32.2. The van der Waals surface area contributed by atoms with Crippen LogP contribution in [0.15, 0.2) is 29.2 Å². The van der Waals surface area contributed by atoms with Crippen LogP contribution in [0.25, 0.3) is 0 Å². The molecule has 1 fully saturated rings. The summed E-state index contributed by atoms with van der Waals surface area (Å²) in [7, 11) is 0. The molecule has 0 aromatic heterocycles. The van der Waals surface area contributed by atoms with E-state index in [1.54, 1.807) is 0 Å². The van der Waals surface area contributed by atoms with Crippen LogP contribution in [0.3, 0.4) is 0 Å². The van der Waals surface area contributed by atoms with Crippen LogP contribution in [-0.2, 0) is 11.2 Å². The van der Waals surface area contributed by atoms with Crippen molar-refractivity contribution in [3.8, 4) is 0 Å². The summed E-state index contributed by atoms with van der Waals surface area (Å²) < 4.78 is 5.44. The molecule has 0 amide bonds. The van der Waals surface area contributed by atoms with Gasteiger partial charge in [-0.05, 0) is 36.8 Å². The monoisotopic (exact) mass is 264 g/mol. The Kier molecular flexibility index (Phi) is 3.89. The van der Waals surface area contributed by atoms with Gasteiger partial charge in [-0.15, -0.1) is 11.8 Å². The first-order valence-electron chi connectivity index (χ1n) is 6.67. The summed E-state index contributed by atoms with van der Waals surface area (Å²) in [4.78, 5) is 1.43. The summed E-state index contributed by atoms with van der Waals surface area (Å²) in [6.07, 6.45) is 3.39. The van der Waals surface area contributed by atoms with Crippen molar-refractivity contribution in [2.24, 2.45) is 11.8 Å². The van der Waals surface area contributed by atoms with E-state index in [1.807, 2.05) is 11.8 Å². The summed E-state index contributed by atoms with van der Waals surface area (Å²) in [6.45, 7) is 1.76. The Morgan fingerprint density at radius 3 is 2.78 bits per heavy atom. The molecule has 0 bridgehead atoms. The maximum atomic E-state index is 5.81. The number of fused-ring (bicyclic) bond motifs is 1. The average molecular weight is 264 g/mol. The van der Waals surface area contributed by atoms with E-state index in [1.165, 1.54) is 10.5 Å². The molecule has 2 atom stereocenters. The van der Waals surface area contributed by atoms with Gasteiger partial charge in [0.2, 0.25) is 0 Å². The van der Waals surface area contributed by atoms with Crippen molar-refractivity contribution in [1.29, 1.82) is 0 Å². The Morgan fingerprint density at radius 1 is 1.28 bits per heavy atom. The predicted molar refractivity (Wildman–Crippen MR) is 74.4 cm³/mol. The van der Waals surface area contributed by atoms with Crippen LogP contribution in [0.1, 0.15) is 18.4 Å². The molecule has 18 heavy (non-hydrogen) atoms. The SMILES string of the molecule is NNC(C1CCOCC1)C1Cc2ccccc2S1. The molecule has 2 unspecified atom stereocenters. The molecule has 4 heteroatoms. The van der Waals surface area contributed by atoms with E-state index in [-0.39, 0.29) is 0 Å². The second-order valence-electron chi connectivity index (χ2n) is 5.11. The number of hydrogen-bond acceptors (Lipinski definition) is 4. The topological polar surface area (TPSA) is 47.3 Å². The summed E-state index contributed by atoms with van der Waals surface area (Å²) in [6, 6.07) is 9.10. The Hall–Kier alpha value is -0.550. The second-order valence-corrected chi connectivity index (χ2v) is 6.39. The second kappa shape index (κ2) is 5.61. The van der Waals surface area contributed by atoms with Gasteiger partial charge in [0, 0.05) is 29.4 Å². The maximum Gasteiger partial charge on any atom is 0.0469 e. The average Bonchev–Trinajstić information content (AvgIpc) is 2.84. The molecule has 98 valence electrons. The van der Waals surface area contributed by atoms with Gasteiger partial charge in [0.05, 0.1) is 0 Å². The van der Waals surface area contributed by atoms with Crippen LogP contribution in [0.5, 0.6) is 0 Å². The Balaban J connectivity index is 1.71. The van der Waals surface area contributed by atoms with Gasteiger partial charge in [-0.3, -0.25) is 11.3 Å². The lowest BCUT2D eigenvalue weighted by Gasteiger charge is -2.33. The van der Waals surface area contributed by atoms with Gasteiger partial charge >= 0.3 is 0 Å². The minimum atomic E-state index is 0.395. The molecule has 0 radical (unpaired) electrons. The molecule has 3 nitrogen and oxygen atoms in total. The van der Waals surface area contributed by atoms with Gasteiger partial charge in [-0.25, -0.2) is 0 Å². The number of nitrogens with two attached hydrogens (primary N) is 1. The third-order valence-corrected chi connectivity index (χ3v) is 5.45. The van der Waals surface area contributed by atoms with E-state index >= 15 is 0 Å². The van der Waals surface area contributed by atoms with Crippen molar-refractivity contribution in [3.05, 3.63) is 29.8 Å². The molecule has 2 aliphatic heterocycles.